The molecule has 0 saturated carbocycles. The first kappa shape index (κ1) is 14.0. The Bertz CT molecular complexity index is 432. The molecule has 1 saturated heterocycles. The highest BCUT2D eigenvalue weighted by atomic mass is 16.5. The Balaban J connectivity index is 1.90. The van der Waals surface area contributed by atoms with E-state index in [-0.39, 0.29) is 11.9 Å². The van der Waals surface area contributed by atoms with E-state index in [0.717, 1.165) is 18.7 Å². The van der Waals surface area contributed by atoms with Crippen LogP contribution in [0.15, 0.2) is 10.6 Å². The van der Waals surface area contributed by atoms with Crippen molar-refractivity contribution in [2.45, 2.75) is 32.7 Å². The largest absolute Gasteiger partial charge is 0.338 e. The number of amides is 1. The Kier molecular flexibility index (Phi) is 4.55. The van der Waals surface area contributed by atoms with Gasteiger partial charge in [0.15, 0.2) is 0 Å². The lowest BCUT2D eigenvalue weighted by Gasteiger charge is -2.38. The molecule has 1 aliphatic rings. The van der Waals surface area contributed by atoms with Crippen LogP contribution in [0.3, 0.4) is 0 Å². The SMILES string of the molecule is Cc1cc(NC(=O)CN2CCCC(C)C2CN)on1. The standard InChI is InChI=1S/C13H22N4O2/c1-9-4-3-5-17(11(9)7-14)8-12(18)15-13-6-10(2)16-19-13/h6,9,11H,3-5,7-8,14H2,1-2H3,(H,15,18). The van der Waals surface area contributed by atoms with E-state index < -0.39 is 0 Å². The lowest BCUT2D eigenvalue weighted by atomic mass is 9.91. The Hall–Kier alpha value is -1.40. The van der Waals surface area contributed by atoms with Gasteiger partial charge in [0.25, 0.3) is 0 Å². The van der Waals surface area contributed by atoms with Gasteiger partial charge in [-0.3, -0.25) is 15.0 Å². The second-order valence-electron chi connectivity index (χ2n) is 5.27. The summed E-state index contributed by atoms with van der Waals surface area (Å²) in [5.74, 6) is 0.861. The van der Waals surface area contributed by atoms with Crippen LogP contribution in [-0.4, -0.2) is 41.6 Å². The maximum Gasteiger partial charge on any atom is 0.240 e. The Labute approximate surface area is 113 Å². The van der Waals surface area contributed by atoms with Gasteiger partial charge in [0.05, 0.1) is 12.2 Å². The monoisotopic (exact) mass is 266 g/mol. The van der Waals surface area contributed by atoms with E-state index in [4.69, 9.17) is 10.3 Å². The number of aromatic nitrogens is 1. The molecular formula is C13H22N4O2. The number of hydrogen-bond donors (Lipinski definition) is 2. The summed E-state index contributed by atoms with van der Waals surface area (Å²) in [7, 11) is 0. The zero-order chi connectivity index (χ0) is 13.8. The summed E-state index contributed by atoms with van der Waals surface area (Å²) in [6.45, 7) is 5.88. The lowest BCUT2D eigenvalue weighted by molar-refractivity contribution is -0.118. The smallest absolute Gasteiger partial charge is 0.240 e. The fourth-order valence-electron chi connectivity index (χ4n) is 2.70. The molecule has 2 atom stereocenters. The first-order valence-corrected chi connectivity index (χ1v) is 6.77. The average Bonchev–Trinajstić information content (AvgIpc) is 2.75. The summed E-state index contributed by atoms with van der Waals surface area (Å²) < 4.78 is 4.97. The maximum absolute atomic E-state index is 12.0. The third kappa shape index (κ3) is 3.54. The van der Waals surface area contributed by atoms with Crippen LogP contribution in [0.1, 0.15) is 25.5 Å². The van der Waals surface area contributed by atoms with Crippen molar-refractivity contribution in [3.63, 3.8) is 0 Å². The highest BCUT2D eigenvalue weighted by molar-refractivity contribution is 5.91. The van der Waals surface area contributed by atoms with E-state index >= 15 is 0 Å². The predicted octanol–water partition coefficient (Wildman–Crippen LogP) is 0.981. The van der Waals surface area contributed by atoms with Crippen LogP contribution in [0, 0.1) is 12.8 Å². The van der Waals surface area contributed by atoms with E-state index in [0.29, 0.717) is 24.9 Å². The van der Waals surface area contributed by atoms with Gasteiger partial charge in [-0.1, -0.05) is 12.1 Å². The lowest BCUT2D eigenvalue weighted by Crippen LogP contribution is -2.51. The number of nitrogens with two attached hydrogens (primary N) is 1. The second-order valence-corrected chi connectivity index (χ2v) is 5.27. The van der Waals surface area contributed by atoms with Gasteiger partial charge in [-0.2, -0.15) is 0 Å². The molecule has 3 N–H and O–H groups in total. The summed E-state index contributed by atoms with van der Waals surface area (Å²) in [6, 6.07) is 1.99. The molecular weight excluding hydrogens is 244 g/mol. The molecule has 1 aromatic rings. The number of carbonyl (C=O) groups excluding carboxylic acids is 1. The highest BCUT2D eigenvalue weighted by Crippen LogP contribution is 2.22. The third-order valence-corrected chi connectivity index (χ3v) is 3.71. The summed E-state index contributed by atoms with van der Waals surface area (Å²) >= 11 is 0. The van der Waals surface area contributed by atoms with Gasteiger partial charge < -0.3 is 10.3 Å². The number of hydrogen-bond acceptors (Lipinski definition) is 5. The maximum atomic E-state index is 12.0. The number of rotatable bonds is 4. The van der Waals surface area contributed by atoms with Gasteiger partial charge in [0.1, 0.15) is 0 Å². The minimum atomic E-state index is -0.0799. The van der Waals surface area contributed by atoms with Crippen molar-refractivity contribution in [1.29, 1.82) is 0 Å². The minimum absolute atomic E-state index is 0.0799. The molecule has 6 nitrogen and oxygen atoms in total. The first-order valence-electron chi connectivity index (χ1n) is 6.77. The molecule has 1 amide bonds. The quantitative estimate of drug-likeness (QED) is 0.848. The summed E-state index contributed by atoms with van der Waals surface area (Å²) in [5.41, 5.74) is 6.57. The number of aryl methyl sites for hydroxylation is 1. The molecule has 0 aliphatic carbocycles. The van der Waals surface area contributed by atoms with E-state index in [1.807, 2.05) is 6.92 Å². The van der Waals surface area contributed by atoms with Crippen molar-refractivity contribution in [3.8, 4) is 0 Å². The molecule has 2 rings (SSSR count). The van der Waals surface area contributed by atoms with Gasteiger partial charge in [-0.05, 0) is 32.2 Å². The number of anilines is 1. The van der Waals surface area contributed by atoms with Crippen molar-refractivity contribution >= 4 is 11.8 Å². The predicted molar refractivity (Wildman–Crippen MR) is 72.7 cm³/mol. The van der Waals surface area contributed by atoms with Crippen molar-refractivity contribution in [2.24, 2.45) is 11.7 Å². The van der Waals surface area contributed by atoms with Crippen molar-refractivity contribution in [2.75, 3.05) is 25.0 Å². The molecule has 0 bridgehead atoms. The molecule has 1 fully saturated rings. The Morgan fingerprint density at radius 2 is 2.47 bits per heavy atom. The van der Waals surface area contributed by atoms with E-state index in [1.165, 1.54) is 6.42 Å². The molecule has 0 spiro atoms. The fourth-order valence-corrected chi connectivity index (χ4v) is 2.70. The van der Waals surface area contributed by atoms with Gasteiger partial charge in [-0.25, -0.2) is 0 Å². The first-order chi connectivity index (χ1) is 9.10. The number of piperidine rings is 1. The van der Waals surface area contributed by atoms with Crippen LogP contribution >= 0.6 is 0 Å². The normalized spacial score (nSPS) is 24.4. The summed E-state index contributed by atoms with van der Waals surface area (Å²) in [4.78, 5) is 14.1. The van der Waals surface area contributed by atoms with E-state index in [1.54, 1.807) is 6.07 Å². The van der Waals surface area contributed by atoms with Crippen LogP contribution < -0.4 is 11.1 Å². The Morgan fingerprint density at radius 1 is 1.68 bits per heavy atom. The number of nitrogens with one attached hydrogen (secondary N) is 1. The van der Waals surface area contributed by atoms with E-state index in [9.17, 15) is 4.79 Å². The molecule has 1 aromatic heterocycles. The molecule has 19 heavy (non-hydrogen) atoms. The van der Waals surface area contributed by atoms with Crippen molar-refractivity contribution < 1.29 is 9.32 Å². The van der Waals surface area contributed by atoms with Crippen LogP contribution in [-0.2, 0) is 4.79 Å². The third-order valence-electron chi connectivity index (χ3n) is 3.71. The van der Waals surface area contributed by atoms with Gasteiger partial charge in [0.2, 0.25) is 11.8 Å². The number of likely N-dealkylation sites (tertiary alicyclic amines) is 1. The van der Waals surface area contributed by atoms with Crippen molar-refractivity contribution in [1.82, 2.24) is 10.1 Å². The fraction of sp³-hybridized carbons (Fsp3) is 0.692. The summed E-state index contributed by atoms with van der Waals surface area (Å²) in [5, 5.41) is 6.46. The van der Waals surface area contributed by atoms with E-state index in [2.05, 4.69) is 22.3 Å². The number of nitrogens with zero attached hydrogens (tertiary/aromatic N) is 2. The Morgan fingerprint density at radius 3 is 3.11 bits per heavy atom. The van der Waals surface area contributed by atoms with Crippen LogP contribution in [0.2, 0.25) is 0 Å². The molecule has 2 unspecified atom stereocenters. The van der Waals surface area contributed by atoms with Gasteiger partial charge >= 0.3 is 0 Å². The van der Waals surface area contributed by atoms with Crippen LogP contribution in [0.25, 0.3) is 0 Å². The highest BCUT2D eigenvalue weighted by Gasteiger charge is 2.28. The molecule has 1 aliphatic heterocycles. The van der Waals surface area contributed by atoms with Crippen LogP contribution in [0.5, 0.6) is 0 Å². The molecule has 0 radical (unpaired) electrons. The number of carbonyl (C=O) groups is 1. The summed E-state index contributed by atoms with van der Waals surface area (Å²) in [6.07, 6.45) is 2.30. The zero-order valence-corrected chi connectivity index (χ0v) is 11.6. The zero-order valence-electron chi connectivity index (χ0n) is 11.6. The van der Waals surface area contributed by atoms with Crippen molar-refractivity contribution in [3.05, 3.63) is 11.8 Å². The molecule has 6 heteroatoms. The van der Waals surface area contributed by atoms with Gasteiger partial charge in [0, 0.05) is 18.7 Å². The topological polar surface area (TPSA) is 84.4 Å². The van der Waals surface area contributed by atoms with Gasteiger partial charge in [-0.15, -0.1) is 0 Å². The average molecular weight is 266 g/mol. The molecule has 0 aromatic carbocycles. The van der Waals surface area contributed by atoms with Crippen LogP contribution in [0.4, 0.5) is 5.88 Å². The minimum Gasteiger partial charge on any atom is -0.338 e. The second kappa shape index (κ2) is 6.16. The molecule has 106 valence electrons. The molecule has 2 heterocycles.